The summed E-state index contributed by atoms with van der Waals surface area (Å²) in [6, 6.07) is 0. The molecule has 0 aromatic rings. The molecule has 1 atom stereocenters. The Balaban J connectivity index is -0.0000000720. The largest absolute Gasteiger partial charge is 1.00 e. The van der Waals surface area contributed by atoms with Gasteiger partial charge in [0.2, 0.25) is 0 Å². The van der Waals surface area contributed by atoms with E-state index in [-0.39, 0.29) is 68.9 Å². The summed E-state index contributed by atoms with van der Waals surface area (Å²) in [5, 5.41) is 13.9. The smallest absolute Gasteiger partial charge is 0.773 e. The summed E-state index contributed by atoms with van der Waals surface area (Å²) >= 11 is -1.86. The van der Waals surface area contributed by atoms with Gasteiger partial charge in [-0.2, -0.15) is 0 Å². The summed E-state index contributed by atoms with van der Waals surface area (Å²) in [6.07, 6.45) is -0.750. The van der Waals surface area contributed by atoms with Crippen molar-refractivity contribution < 1.29 is 92.7 Å². The summed E-state index contributed by atoms with van der Waals surface area (Å²) < 4.78 is 18.0. The predicted octanol–water partition coefficient (Wildman–Crippen LogP) is -3.28. The Hall–Kier alpha value is 1.43. The molecule has 0 amide bonds. The average Bonchev–Trinajstić information content (AvgIpc) is 1.25. The van der Waals surface area contributed by atoms with Gasteiger partial charge < -0.3 is 14.8 Å². The minimum atomic E-state index is -1.86. The zero-order chi connectivity index (χ0) is 7.15. The molecule has 2 N–H and O–H groups in total. The molecule has 1 unspecified atom stereocenters. The van der Waals surface area contributed by atoms with Crippen molar-refractivity contribution in [1.29, 1.82) is 0 Å². The Bertz CT molecular complexity index is 73.0. The van der Waals surface area contributed by atoms with E-state index in [4.69, 9.17) is 23.8 Å². The van der Waals surface area contributed by atoms with Crippen molar-refractivity contribution in [2.75, 3.05) is 6.26 Å². The molecule has 0 spiro atoms. The molecule has 0 bridgehead atoms. The predicted molar refractivity (Wildman–Crippen MR) is 25.5 cm³/mol. The first-order valence-corrected chi connectivity index (χ1v) is 2.88. The molecule has 7 heteroatoms. The maximum atomic E-state index is 9.00. The summed E-state index contributed by atoms with van der Waals surface area (Å²) in [7, 11) is 0. The first kappa shape index (κ1) is 16.8. The number of rotatable bonds is 0. The van der Waals surface area contributed by atoms with Crippen LogP contribution in [-0.2, 0) is 11.1 Å². The van der Waals surface area contributed by atoms with Crippen molar-refractivity contribution in [2.45, 2.75) is 0 Å². The first-order chi connectivity index (χ1) is 3.46. The van der Waals surface area contributed by atoms with Gasteiger partial charge in [0.15, 0.2) is 0 Å². The van der Waals surface area contributed by atoms with Crippen molar-refractivity contribution in [3.8, 4) is 0 Å². The van der Waals surface area contributed by atoms with Gasteiger partial charge in [0.1, 0.15) is 0 Å². The van der Waals surface area contributed by atoms with E-state index in [1.807, 2.05) is 0 Å². The number of carboxylic acid groups (broad SMARTS) is 2. The van der Waals surface area contributed by atoms with Gasteiger partial charge in [-0.25, -0.2) is 4.79 Å². The fraction of sp³-hybridized carbons (Fsp3) is 0.500. The van der Waals surface area contributed by atoms with E-state index in [0.717, 1.165) is 6.26 Å². The summed E-state index contributed by atoms with van der Waals surface area (Å²) in [4.78, 5) is 8.56. The van der Waals surface area contributed by atoms with Crippen LogP contribution < -0.4 is 68.9 Å². The monoisotopic (exact) mass is 274 g/mol. The normalized spacial score (nSPS) is 9.56. The van der Waals surface area contributed by atoms with Crippen LogP contribution >= 0.6 is 0 Å². The molecular formula is C2H5CsO5S. The van der Waals surface area contributed by atoms with E-state index >= 15 is 0 Å². The van der Waals surface area contributed by atoms with Crippen LogP contribution in [0.5, 0.6) is 0 Å². The van der Waals surface area contributed by atoms with E-state index in [9.17, 15) is 0 Å². The third-order valence-corrected chi connectivity index (χ3v) is 0. The molecular weight excluding hydrogens is 269 g/mol. The number of carbonyl (C=O) groups is 1. The van der Waals surface area contributed by atoms with Gasteiger partial charge in [0.05, 0.1) is 0 Å². The Morgan fingerprint density at radius 1 is 1.56 bits per heavy atom. The second kappa shape index (κ2) is 12.1. The average molecular weight is 274 g/mol. The Labute approximate surface area is 114 Å². The van der Waals surface area contributed by atoms with Crippen LogP contribution in [0.15, 0.2) is 0 Å². The molecule has 0 saturated heterocycles. The van der Waals surface area contributed by atoms with Crippen LogP contribution in [0.2, 0.25) is 0 Å². The van der Waals surface area contributed by atoms with Crippen LogP contribution in [0, 0.1) is 0 Å². The standard InChI is InChI=1S/CH2O3.CH4O2S.Cs/c2-1(3)4;1-4(2)3;/h(H2,2,3,4);1H3,(H,2,3);/q;;+1/p-1. The van der Waals surface area contributed by atoms with Crippen LogP contribution in [0.25, 0.3) is 0 Å². The van der Waals surface area contributed by atoms with Gasteiger partial charge >= 0.3 is 75.0 Å². The van der Waals surface area contributed by atoms with Crippen LogP contribution in [0.3, 0.4) is 0 Å². The molecule has 0 radical (unpaired) electrons. The van der Waals surface area contributed by atoms with Crippen LogP contribution in [0.4, 0.5) is 4.79 Å². The van der Waals surface area contributed by atoms with Crippen molar-refractivity contribution in [2.24, 2.45) is 0 Å². The molecule has 0 aliphatic rings. The third-order valence-electron chi connectivity index (χ3n) is 0. The third kappa shape index (κ3) is 254. The van der Waals surface area contributed by atoms with E-state index in [0.29, 0.717) is 0 Å². The van der Waals surface area contributed by atoms with Gasteiger partial charge in [-0.1, -0.05) is 11.1 Å². The molecule has 0 aromatic heterocycles. The van der Waals surface area contributed by atoms with Crippen molar-refractivity contribution in [3.63, 3.8) is 0 Å². The maximum Gasteiger partial charge on any atom is 1.00 e. The number of hydrogen-bond acceptors (Lipinski definition) is 3. The second-order valence-electron chi connectivity index (χ2n) is 0.684. The molecule has 0 fully saturated rings. The summed E-state index contributed by atoms with van der Waals surface area (Å²) in [6.45, 7) is 0. The Kier molecular flexibility index (Phi) is 22.7. The van der Waals surface area contributed by atoms with Gasteiger partial charge in [-0.3, -0.25) is 4.21 Å². The molecule has 0 rings (SSSR count). The molecule has 50 valence electrons. The van der Waals surface area contributed by atoms with E-state index in [2.05, 4.69) is 0 Å². The molecule has 0 aliphatic heterocycles. The molecule has 5 nitrogen and oxygen atoms in total. The molecule has 0 aliphatic carbocycles. The van der Waals surface area contributed by atoms with Crippen molar-refractivity contribution >= 4 is 17.2 Å². The summed E-state index contributed by atoms with van der Waals surface area (Å²) in [5.74, 6) is 0. The van der Waals surface area contributed by atoms with Gasteiger partial charge in [-0.05, 0) is 6.26 Å². The van der Waals surface area contributed by atoms with E-state index in [1.165, 1.54) is 0 Å². The fourth-order valence-corrected chi connectivity index (χ4v) is 0. The van der Waals surface area contributed by atoms with Crippen LogP contribution in [-0.4, -0.2) is 31.4 Å². The quantitative estimate of drug-likeness (QED) is 0.451. The fourth-order valence-electron chi connectivity index (χ4n) is 0. The minimum Gasteiger partial charge on any atom is -0.773 e. The molecule has 0 saturated carbocycles. The van der Waals surface area contributed by atoms with E-state index in [1.54, 1.807) is 0 Å². The number of hydrogen-bond donors (Lipinski definition) is 2. The molecule has 9 heavy (non-hydrogen) atoms. The second-order valence-corrected chi connectivity index (χ2v) is 1.49. The van der Waals surface area contributed by atoms with Gasteiger partial charge in [-0.15, -0.1) is 0 Å². The Morgan fingerprint density at radius 2 is 1.56 bits per heavy atom. The van der Waals surface area contributed by atoms with Gasteiger partial charge in [0, 0.05) is 0 Å². The maximum absolute atomic E-state index is 9.00. The SMILES string of the molecule is CS(=O)[O-].O=C(O)O.[Cs+]. The Morgan fingerprint density at radius 3 is 1.56 bits per heavy atom. The minimum absolute atomic E-state index is 0. The topological polar surface area (TPSA) is 97.7 Å². The van der Waals surface area contributed by atoms with Crippen molar-refractivity contribution in [3.05, 3.63) is 0 Å². The zero-order valence-electron chi connectivity index (χ0n) is 5.03. The molecule has 0 heterocycles. The first-order valence-electron chi connectivity index (χ1n) is 1.39. The van der Waals surface area contributed by atoms with Crippen molar-refractivity contribution in [1.82, 2.24) is 0 Å². The van der Waals surface area contributed by atoms with Crippen LogP contribution in [0.1, 0.15) is 0 Å². The summed E-state index contributed by atoms with van der Waals surface area (Å²) in [5.41, 5.74) is 0. The van der Waals surface area contributed by atoms with Gasteiger partial charge in [0.25, 0.3) is 0 Å². The zero-order valence-corrected chi connectivity index (χ0v) is 12.1. The molecule has 0 aromatic carbocycles. The van der Waals surface area contributed by atoms with E-state index < -0.39 is 17.2 Å².